The molecule has 0 radical (unpaired) electrons. The molecule has 0 bridgehead atoms. The van der Waals surface area contributed by atoms with E-state index in [-0.39, 0.29) is 5.91 Å². The summed E-state index contributed by atoms with van der Waals surface area (Å²) in [6.07, 6.45) is 1.75. The Morgan fingerprint density at radius 1 is 1.00 bits per heavy atom. The Morgan fingerprint density at radius 3 is 2.36 bits per heavy atom. The van der Waals surface area contributed by atoms with E-state index in [2.05, 4.69) is 0 Å². The molecule has 3 aromatic carbocycles. The van der Waals surface area contributed by atoms with Crippen molar-refractivity contribution < 1.29 is 19.0 Å². The van der Waals surface area contributed by atoms with E-state index in [1.54, 1.807) is 18.2 Å². The number of thioether (sulfide) groups is 1. The molecular weight excluding hydrogens is 478 g/mol. The van der Waals surface area contributed by atoms with Crippen molar-refractivity contribution in [2.24, 2.45) is 0 Å². The van der Waals surface area contributed by atoms with Gasteiger partial charge in [0.05, 0.1) is 22.7 Å². The Balaban J connectivity index is 1.48. The molecule has 1 amide bonds. The molecule has 0 atom stereocenters. The second-order valence-corrected chi connectivity index (χ2v) is 8.98. The average molecular weight is 498 g/mol. The summed E-state index contributed by atoms with van der Waals surface area (Å²) < 4.78 is 17.4. The smallest absolute Gasteiger partial charge is 0.270 e. The Hall–Kier alpha value is -3.00. The van der Waals surface area contributed by atoms with E-state index in [9.17, 15) is 4.79 Å². The summed E-state index contributed by atoms with van der Waals surface area (Å²) in [5.41, 5.74) is 1.44. The third-order valence-corrected chi connectivity index (χ3v) is 6.28. The minimum absolute atomic E-state index is 0.176. The van der Waals surface area contributed by atoms with Crippen LogP contribution in [-0.4, -0.2) is 30.6 Å². The SMILES string of the molecule is COc1cc(/C=C2\SC(=S)N(c3ccccc3)C2=O)cc(Cl)c1OCCOc1ccccc1. The first-order valence-electron chi connectivity index (χ1n) is 10.1. The lowest BCUT2D eigenvalue weighted by Gasteiger charge is -2.14. The van der Waals surface area contributed by atoms with Crippen molar-refractivity contribution in [1.82, 2.24) is 0 Å². The van der Waals surface area contributed by atoms with Crippen LogP contribution in [0, 0.1) is 0 Å². The summed E-state index contributed by atoms with van der Waals surface area (Å²) in [6, 6.07) is 22.3. The lowest BCUT2D eigenvalue weighted by molar-refractivity contribution is -0.113. The zero-order chi connectivity index (χ0) is 23.2. The molecule has 4 rings (SSSR count). The number of methoxy groups -OCH3 is 1. The fourth-order valence-electron chi connectivity index (χ4n) is 3.20. The fraction of sp³-hybridized carbons (Fsp3) is 0.120. The van der Waals surface area contributed by atoms with Crippen molar-refractivity contribution in [3.63, 3.8) is 0 Å². The van der Waals surface area contributed by atoms with E-state index in [4.69, 9.17) is 38.0 Å². The summed E-state index contributed by atoms with van der Waals surface area (Å²) in [5, 5.41) is 0.374. The number of anilines is 1. The molecule has 0 unspecified atom stereocenters. The Labute approximate surface area is 206 Å². The van der Waals surface area contributed by atoms with Gasteiger partial charge in [0, 0.05) is 0 Å². The zero-order valence-corrected chi connectivity index (χ0v) is 20.1. The van der Waals surface area contributed by atoms with Gasteiger partial charge in [-0.1, -0.05) is 72.0 Å². The summed E-state index contributed by atoms with van der Waals surface area (Å²) in [4.78, 5) is 15.0. The number of rotatable bonds is 8. The summed E-state index contributed by atoms with van der Waals surface area (Å²) in [6.45, 7) is 0.646. The molecule has 0 N–H and O–H groups in total. The molecule has 1 fully saturated rings. The van der Waals surface area contributed by atoms with Crippen LogP contribution in [0.15, 0.2) is 77.7 Å². The van der Waals surface area contributed by atoms with E-state index in [0.717, 1.165) is 11.4 Å². The summed E-state index contributed by atoms with van der Waals surface area (Å²) in [5.74, 6) is 1.48. The first kappa shape index (κ1) is 23.2. The Bertz CT molecular complexity index is 1190. The van der Waals surface area contributed by atoms with Gasteiger partial charge in [-0.25, -0.2) is 0 Å². The number of thiocarbonyl (C=S) groups is 1. The standard InChI is InChI=1S/C25H20ClNO4S2/c1-29-21-15-17(14-20(26)23(21)31-13-12-30-19-10-6-3-7-11-19)16-22-24(28)27(25(32)33-22)18-8-4-2-5-9-18/h2-11,14-16H,12-13H2,1H3/b22-16-. The summed E-state index contributed by atoms with van der Waals surface area (Å²) >= 11 is 13.2. The number of para-hydroxylation sites is 2. The van der Waals surface area contributed by atoms with Gasteiger partial charge in [0.25, 0.3) is 5.91 Å². The normalized spacial score (nSPS) is 14.6. The molecule has 0 aromatic heterocycles. The van der Waals surface area contributed by atoms with Gasteiger partial charge in [-0.15, -0.1) is 0 Å². The molecule has 1 aliphatic rings. The Kier molecular flexibility index (Phi) is 7.54. The lowest BCUT2D eigenvalue weighted by atomic mass is 10.1. The topological polar surface area (TPSA) is 48.0 Å². The molecule has 1 aliphatic heterocycles. The maximum absolute atomic E-state index is 13.0. The number of hydrogen-bond donors (Lipinski definition) is 0. The van der Waals surface area contributed by atoms with Crippen LogP contribution in [0.3, 0.4) is 0 Å². The molecule has 33 heavy (non-hydrogen) atoms. The highest BCUT2D eigenvalue weighted by molar-refractivity contribution is 8.27. The number of ether oxygens (including phenoxy) is 3. The lowest BCUT2D eigenvalue weighted by Crippen LogP contribution is -2.27. The van der Waals surface area contributed by atoms with Crippen molar-refractivity contribution in [2.45, 2.75) is 0 Å². The van der Waals surface area contributed by atoms with Crippen molar-refractivity contribution in [3.05, 3.63) is 88.3 Å². The Morgan fingerprint density at radius 2 is 1.67 bits per heavy atom. The first-order chi connectivity index (χ1) is 16.1. The predicted octanol–water partition coefficient (Wildman–Crippen LogP) is 6.21. The number of halogens is 1. The van der Waals surface area contributed by atoms with Gasteiger partial charge in [-0.05, 0) is 48.0 Å². The molecule has 0 spiro atoms. The van der Waals surface area contributed by atoms with Crippen molar-refractivity contribution >= 4 is 57.6 Å². The first-order valence-corrected chi connectivity index (χ1v) is 11.7. The fourth-order valence-corrected chi connectivity index (χ4v) is 4.77. The van der Waals surface area contributed by atoms with Gasteiger partial charge in [-0.3, -0.25) is 9.69 Å². The van der Waals surface area contributed by atoms with Crippen LogP contribution in [0.1, 0.15) is 5.56 Å². The van der Waals surface area contributed by atoms with Crippen LogP contribution in [0.2, 0.25) is 5.02 Å². The second-order valence-electron chi connectivity index (χ2n) is 6.90. The molecule has 1 heterocycles. The van der Waals surface area contributed by atoms with Gasteiger partial charge < -0.3 is 14.2 Å². The third kappa shape index (κ3) is 5.50. The van der Waals surface area contributed by atoms with Crippen LogP contribution in [0.4, 0.5) is 5.69 Å². The highest BCUT2D eigenvalue weighted by Crippen LogP contribution is 2.40. The van der Waals surface area contributed by atoms with Crippen molar-refractivity contribution in [2.75, 3.05) is 25.2 Å². The highest BCUT2D eigenvalue weighted by atomic mass is 35.5. The van der Waals surface area contributed by atoms with Crippen LogP contribution >= 0.6 is 35.6 Å². The number of hydrogen-bond acceptors (Lipinski definition) is 6. The van der Waals surface area contributed by atoms with Crippen LogP contribution in [0.5, 0.6) is 17.2 Å². The largest absolute Gasteiger partial charge is 0.493 e. The molecule has 3 aromatic rings. The van der Waals surface area contributed by atoms with Crippen LogP contribution < -0.4 is 19.1 Å². The molecule has 1 saturated heterocycles. The third-order valence-electron chi connectivity index (χ3n) is 4.70. The summed E-state index contributed by atoms with van der Waals surface area (Å²) in [7, 11) is 1.54. The molecule has 8 heteroatoms. The number of carbonyl (C=O) groups is 1. The van der Waals surface area contributed by atoms with E-state index in [1.807, 2.05) is 60.7 Å². The minimum Gasteiger partial charge on any atom is -0.493 e. The molecule has 0 saturated carbocycles. The number of carbonyl (C=O) groups excluding carboxylic acids is 1. The maximum Gasteiger partial charge on any atom is 0.270 e. The van der Waals surface area contributed by atoms with Crippen molar-refractivity contribution in [3.8, 4) is 17.2 Å². The second kappa shape index (κ2) is 10.7. The molecule has 5 nitrogen and oxygen atoms in total. The van der Waals surface area contributed by atoms with Gasteiger partial charge in [0.2, 0.25) is 0 Å². The number of benzene rings is 3. The van der Waals surface area contributed by atoms with E-state index >= 15 is 0 Å². The quantitative estimate of drug-likeness (QED) is 0.209. The molecule has 0 aliphatic carbocycles. The number of amides is 1. The molecule has 168 valence electrons. The average Bonchev–Trinajstić information content (AvgIpc) is 3.11. The van der Waals surface area contributed by atoms with E-state index in [1.165, 1.54) is 23.8 Å². The van der Waals surface area contributed by atoms with Gasteiger partial charge in [0.1, 0.15) is 19.0 Å². The molecular formula is C25H20ClNO4S2. The van der Waals surface area contributed by atoms with E-state index < -0.39 is 0 Å². The van der Waals surface area contributed by atoms with Gasteiger partial charge in [0.15, 0.2) is 15.8 Å². The highest BCUT2D eigenvalue weighted by Gasteiger charge is 2.33. The zero-order valence-electron chi connectivity index (χ0n) is 17.7. The van der Waals surface area contributed by atoms with Crippen LogP contribution in [-0.2, 0) is 4.79 Å². The van der Waals surface area contributed by atoms with Crippen molar-refractivity contribution in [1.29, 1.82) is 0 Å². The monoisotopic (exact) mass is 497 g/mol. The van der Waals surface area contributed by atoms with E-state index in [0.29, 0.717) is 44.5 Å². The van der Waals surface area contributed by atoms with Gasteiger partial charge in [-0.2, -0.15) is 0 Å². The number of nitrogens with zero attached hydrogens (tertiary/aromatic N) is 1. The van der Waals surface area contributed by atoms with Gasteiger partial charge >= 0.3 is 0 Å². The van der Waals surface area contributed by atoms with Crippen LogP contribution in [0.25, 0.3) is 6.08 Å². The predicted molar refractivity (Wildman–Crippen MR) is 138 cm³/mol. The maximum atomic E-state index is 13.0. The minimum atomic E-state index is -0.176.